The van der Waals surface area contributed by atoms with E-state index in [1.54, 1.807) is 0 Å². The lowest BCUT2D eigenvalue weighted by Crippen LogP contribution is -2.50. The SMILES string of the molecule is CCCCCCCCN1C(=O)N(Cc2ccccc2)c2cc(Cl)cc(Cl)c2S1(=O)=O. The second kappa shape index (κ2) is 10.0. The molecule has 3 rings (SSSR count). The van der Waals surface area contributed by atoms with Crippen LogP contribution in [0.25, 0.3) is 0 Å². The van der Waals surface area contributed by atoms with Gasteiger partial charge in [-0.25, -0.2) is 17.5 Å². The number of carbonyl (C=O) groups excluding carboxylic acids is 1. The molecule has 0 N–H and O–H groups in total. The minimum absolute atomic E-state index is 0.0241. The van der Waals surface area contributed by atoms with Crippen molar-refractivity contribution >= 4 is 44.9 Å². The third-order valence-electron chi connectivity index (χ3n) is 5.17. The van der Waals surface area contributed by atoms with E-state index in [4.69, 9.17) is 23.2 Å². The molecule has 0 fully saturated rings. The Morgan fingerprint density at radius 1 is 0.933 bits per heavy atom. The molecule has 0 saturated carbocycles. The molecular weight excluding hydrogens is 443 g/mol. The molecule has 2 aromatic carbocycles. The fourth-order valence-corrected chi connectivity index (χ4v) is 6.03. The maximum Gasteiger partial charge on any atom is 0.338 e. The first kappa shape index (κ1) is 22.9. The summed E-state index contributed by atoms with van der Waals surface area (Å²) in [5.41, 5.74) is 1.10. The van der Waals surface area contributed by atoms with Gasteiger partial charge in [0.25, 0.3) is 10.0 Å². The summed E-state index contributed by atoms with van der Waals surface area (Å²) >= 11 is 12.4. The average Bonchev–Trinajstić information content (AvgIpc) is 2.70. The fourth-order valence-electron chi connectivity index (χ4n) is 3.62. The van der Waals surface area contributed by atoms with Crippen LogP contribution in [0.2, 0.25) is 10.0 Å². The van der Waals surface area contributed by atoms with Crippen molar-refractivity contribution in [2.24, 2.45) is 0 Å². The van der Waals surface area contributed by atoms with Gasteiger partial charge in [0.2, 0.25) is 0 Å². The van der Waals surface area contributed by atoms with Crippen LogP contribution in [0.3, 0.4) is 0 Å². The number of urea groups is 1. The number of benzene rings is 2. The molecule has 30 heavy (non-hydrogen) atoms. The van der Waals surface area contributed by atoms with Gasteiger partial charge in [0.05, 0.1) is 17.3 Å². The topological polar surface area (TPSA) is 57.7 Å². The Morgan fingerprint density at radius 3 is 2.30 bits per heavy atom. The van der Waals surface area contributed by atoms with Gasteiger partial charge in [-0.05, 0) is 24.1 Å². The van der Waals surface area contributed by atoms with Crippen LogP contribution in [0.1, 0.15) is 51.0 Å². The highest BCUT2D eigenvalue weighted by molar-refractivity contribution is 7.90. The van der Waals surface area contributed by atoms with Crippen LogP contribution >= 0.6 is 23.2 Å². The first-order valence-corrected chi connectivity index (χ1v) is 12.4. The van der Waals surface area contributed by atoms with Crippen molar-refractivity contribution in [3.63, 3.8) is 0 Å². The molecule has 0 aromatic heterocycles. The highest BCUT2D eigenvalue weighted by Gasteiger charge is 2.42. The predicted molar refractivity (Wildman–Crippen MR) is 122 cm³/mol. The normalized spacial score (nSPS) is 15.4. The number of fused-ring (bicyclic) bond motifs is 1. The van der Waals surface area contributed by atoms with E-state index in [-0.39, 0.29) is 33.7 Å². The molecule has 162 valence electrons. The van der Waals surface area contributed by atoms with Crippen molar-refractivity contribution in [2.45, 2.75) is 56.9 Å². The summed E-state index contributed by atoms with van der Waals surface area (Å²) in [7, 11) is -4.05. The number of nitrogens with zero attached hydrogens (tertiary/aromatic N) is 2. The molecule has 1 heterocycles. The lowest BCUT2D eigenvalue weighted by Gasteiger charge is -2.37. The fraction of sp³-hybridized carbons (Fsp3) is 0.409. The van der Waals surface area contributed by atoms with E-state index in [2.05, 4.69) is 6.92 Å². The van der Waals surface area contributed by atoms with Gasteiger partial charge in [-0.3, -0.25) is 4.90 Å². The van der Waals surface area contributed by atoms with Crippen molar-refractivity contribution in [3.8, 4) is 0 Å². The molecule has 1 aliphatic rings. The second-order valence-corrected chi connectivity index (χ2v) is 10.1. The van der Waals surface area contributed by atoms with Gasteiger partial charge in [-0.2, -0.15) is 0 Å². The molecule has 0 radical (unpaired) electrons. The highest BCUT2D eigenvalue weighted by Crippen LogP contribution is 2.41. The van der Waals surface area contributed by atoms with E-state index in [0.29, 0.717) is 6.42 Å². The van der Waals surface area contributed by atoms with E-state index in [1.165, 1.54) is 17.0 Å². The average molecular weight is 469 g/mol. The largest absolute Gasteiger partial charge is 0.338 e. The summed E-state index contributed by atoms with van der Waals surface area (Å²) in [5, 5.41) is 0.306. The summed E-state index contributed by atoms with van der Waals surface area (Å²) in [6.45, 7) is 2.51. The molecule has 5 nitrogen and oxygen atoms in total. The minimum Gasteiger partial charge on any atom is -0.288 e. The van der Waals surface area contributed by atoms with E-state index in [1.807, 2.05) is 30.3 Å². The lowest BCUT2D eigenvalue weighted by molar-refractivity contribution is 0.226. The van der Waals surface area contributed by atoms with Gasteiger partial charge in [-0.15, -0.1) is 0 Å². The number of hydrogen-bond acceptors (Lipinski definition) is 3. The van der Waals surface area contributed by atoms with Crippen molar-refractivity contribution < 1.29 is 13.2 Å². The Labute approximate surface area is 188 Å². The standard InChI is InChI=1S/C22H26Cl2N2O3S/c1-2-3-4-5-6-10-13-26-22(27)25(16-17-11-8-7-9-12-17)20-15-18(23)14-19(24)21(20)30(26,28)29/h7-9,11-12,14-15H,2-6,10,13,16H2,1H3. The number of amides is 2. The zero-order valence-electron chi connectivity index (χ0n) is 17.0. The Hall–Kier alpha value is -1.76. The highest BCUT2D eigenvalue weighted by atomic mass is 35.5. The molecule has 2 aromatic rings. The Bertz CT molecular complexity index is 997. The molecular formula is C22H26Cl2N2O3S. The molecule has 0 aliphatic carbocycles. The first-order chi connectivity index (χ1) is 14.4. The number of carbonyl (C=O) groups is 1. The first-order valence-electron chi connectivity index (χ1n) is 10.2. The van der Waals surface area contributed by atoms with Gasteiger partial charge in [0, 0.05) is 11.6 Å². The van der Waals surface area contributed by atoms with E-state index >= 15 is 0 Å². The third kappa shape index (κ3) is 4.93. The number of rotatable bonds is 9. The minimum atomic E-state index is -4.05. The number of unbranched alkanes of at least 4 members (excludes halogenated alkanes) is 5. The molecule has 0 bridgehead atoms. The smallest absolute Gasteiger partial charge is 0.288 e. The van der Waals surface area contributed by atoms with Gasteiger partial charge in [0.1, 0.15) is 4.90 Å². The predicted octanol–water partition coefficient (Wildman–Crippen LogP) is 6.48. The Morgan fingerprint density at radius 2 is 1.60 bits per heavy atom. The van der Waals surface area contributed by atoms with Crippen LogP contribution < -0.4 is 4.90 Å². The molecule has 0 spiro atoms. The molecule has 2 amide bonds. The maximum absolute atomic E-state index is 13.3. The van der Waals surface area contributed by atoms with Gasteiger partial charge >= 0.3 is 6.03 Å². The number of hydrogen-bond donors (Lipinski definition) is 0. The van der Waals surface area contributed by atoms with Crippen molar-refractivity contribution in [2.75, 3.05) is 11.4 Å². The third-order valence-corrected chi connectivity index (χ3v) is 7.66. The van der Waals surface area contributed by atoms with E-state index in [0.717, 1.165) is 42.0 Å². The van der Waals surface area contributed by atoms with Gasteiger partial charge in [0.15, 0.2) is 0 Å². The van der Waals surface area contributed by atoms with Crippen LogP contribution in [0.4, 0.5) is 10.5 Å². The quantitative estimate of drug-likeness (QED) is 0.395. The van der Waals surface area contributed by atoms with E-state index < -0.39 is 16.1 Å². The summed E-state index contributed by atoms with van der Waals surface area (Å²) in [6, 6.07) is 11.7. The molecule has 0 saturated heterocycles. The van der Waals surface area contributed by atoms with Crippen LogP contribution in [0, 0.1) is 0 Å². The summed E-state index contributed by atoms with van der Waals surface area (Å²) in [6.07, 6.45) is 5.94. The van der Waals surface area contributed by atoms with Gasteiger partial charge in [-0.1, -0.05) is 92.6 Å². The monoisotopic (exact) mass is 468 g/mol. The number of sulfonamides is 1. The molecule has 0 unspecified atom stereocenters. The van der Waals surface area contributed by atoms with Crippen LogP contribution in [-0.2, 0) is 16.6 Å². The molecule has 0 atom stereocenters. The molecule has 8 heteroatoms. The number of halogens is 2. The van der Waals surface area contributed by atoms with Crippen LogP contribution in [0.5, 0.6) is 0 Å². The summed E-state index contributed by atoms with van der Waals surface area (Å²) < 4.78 is 27.5. The van der Waals surface area contributed by atoms with Crippen LogP contribution in [-0.4, -0.2) is 25.3 Å². The van der Waals surface area contributed by atoms with Crippen molar-refractivity contribution in [1.82, 2.24) is 4.31 Å². The van der Waals surface area contributed by atoms with Gasteiger partial charge < -0.3 is 0 Å². The molecule has 1 aliphatic heterocycles. The number of anilines is 1. The summed E-state index contributed by atoms with van der Waals surface area (Å²) in [5.74, 6) is 0. The Balaban J connectivity index is 1.92. The second-order valence-electron chi connectivity index (χ2n) is 7.44. The van der Waals surface area contributed by atoms with Crippen LogP contribution in [0.15, 0.2) is 47.4 Å². The Kier molecular flexibility index (Phi) is 7.66. The summed E-state index contributed by atoms with van der Waals surface area (Å²) in [4.78, 5) is 14.7. The lowest BCUT2D eigenvalue weighted by atomic mass is 10.1. The van der Waals surface area contributed by atoms with Crippen molar-refractivity contribution in [1.29, 1.82) is 0 Å². The maximum atomic E-state index is 13.3. The van der Waals surface area contributed by atoms with Crippen molar-refractivity contribution in [3.05, 3.63) is 58.1 Å². The zero-order valence-corrected chi connectivity index (χ0v) is 19.3. The zero-order chi connectivity index (χ0) is 21.7. The van der Waals surface area contributed by atoms with E-state index in [9.17, 15) is 13.2 Å².